The maximum absolute atomic E-state index is 12.9. The van der Waals surface area contributed by atoms with Crippen molar-refractivity contribution in [2.45, 2.75) is 39.7 Å². The second-order valence-electron chi connectivity index (χ2n) is 12.0. The minimum atomic E-state index is -0.0856. The molecule has 220 valence electrons. The average molecular weight is 577 g/mol. The van der Waals surface area contributed by atoms with Crippen LogP contribution in [0.2, 0.25) is 0 Å². The first-order valence-electron chi connectivity index (χ1n) is 14.9. The molecule has 1 aliphatic carbocycles. The van der Waals surface area contributed by atoms with Gasteiger partial charge in [-0.2, -0.15) is 5.10 Å². The van der Waals surface area contributed by atoms with E-state index in [1.165, 1.54) is 11.1 Å². The van der Waals surface area contributed by atoms with E-state index in [-0.39, 0.29) is 18.4 Å². The van der Waals surface area contributed by atoms with Gasteiger partial charge in [-0.1, -0.05) is 19.9 Å². The molecule has 2 N–H and O–H groups in total. The minimum absolute atomic E-state index is 0.0472. The number of carbonyl (C=O) groups excluding carboxylic acids is 1. The highest BCUT2D eigenvalue weighted by atomic mass is 16.5. The maximum Gasteiger partial charge on any atom is 0.260 e. The van der Waals surface area contributed by atoms with Gasteiger partial charge in [0.2, 0.25) is 0 Å². The zero-order valence-electron chi connectivity index (χ0n) is 25.0. The fourth-order valence-electron chi connectivity index (χ4n) is 6.62. The summed E-state index contributed by atoms with van der Waals surface area (Å²) in [7, 11) is 3.74. The molecule has 0 spiro atoms. The summed E-state index contributed by atoms with van der Waals surface area (Å²) in [4.78, 5) is 22.0. The highest BCUT2D eigenvalue weighted by Gasteiger charge is 2.30. The Morgan fingerprint density at radius 2 is 2.02 bits per heavy atom. The van der Waals surface area contributed by atoms with Crippen LogP contribution in [0, 0.1) is 5.92 Å². The first-order chi connectivity index (χ1) is 20.8. The van der Waals surface area contributed by atoms with Crippen molar-refractivity contribution in [2.24, 2.45) is 13.0 Å². The number of pyridine rings is 1. The molecule has 6 aromatic rings. The third kappa shape index (κ3) is 4.59. The van der Waals surface area contributed by atoms with E-state index in [1.807, 2.05) is 48.3 Å². The molecule has 7 rings (SSSR count). The molecule has 0 bridgehead atoms. The van der Waals surface area contributed by atoms with Gasteiger partial charge in [-0.15, -0.1) is 0 Å². The van der Waals surface area contributed by atoms with Crippen LogP contribution in [-0.2, 0) is 37.6 Å². The van der Waals surface area contributed by atoms with E-state index in [2.05, 4.69) is 40.6 Å². The molecular weight excluding hydrogens is 540 g/mol. The molecule has 2 aromatic carbocycles. The molecule has 0 saturated heterocycles. The molecule has 0 atom stereocenters. The second kappa shape index (κ2) is 10.5. The number of aromatic nitrogens is 5. The largest absolute Gasteiger partial charge is 0.494 e. The van der Waals surface area contributed by atoms with Gasteiger partial charge in [-0.05, 0) is 54.7 Å². The number of rotatable bonds is 8. The van der Waals surface area contributed by atoms with Crippen molar-refractivity contribution in [3.63, 3.8) is 0 Å². The number of likely N-dealkylation sites (N-methyl/N-ethyl adjacent to an activating group) is 1. The number of H-pyrrole nitrogens is 1. The summed E-state index contributed by atoms with van der Waals surface area (Å²) in [6, 6.07) is 11.9. The van der Waals surface area contributed by atoms with Gasteiger partial charge in [0.1, 0.15) is 5.75 Å². The Balaban J connectivity index is 1.30. The van der Waals surface area contributed by atoms with E-state index in [1.54, 1.807) is 18.1 Å². The lowest BCUT2D eigenvalue weighted by atomic mass is 9.85. The highest BCUT2D eigenvalue weighted by Crippen LogP contribution is 2.49. The van der Waals surface area contributed by atoms with Crippen molar-refractivity contribution in [1.29, 1.82) is 0 Å². The lowest BCUT2D eigenvalue weighted by Gasteiger charge is -2.21. The molecule has 0 radical (unpaired) electrons. The Morgan fingerprint density at radius 3 is 2.81 bits per heavy atom. The van der Waals surface area contributed by atoms with E-state index in [4.69, 9.17) is 9.84 Å². The van der Waals surface area contributed by atoms with Crippen LogP contribution in [0.15, 0.2) is 55.0 Å². The number of aromatic hydroxyl groups is 1. The summed E-state index contributed by atoms with van der Waals surface area (Å²) >= 11 is 0. The van der Waals surface area contributed by atoms with Gasteiger partial charge in [0, 0.05) is 90.7 Å². The summed E-state index contributed by atoms with van der Waals surface area (Å²) in [5.41, 5.74) is 7.72. The van der Waals surface area contributed by atoms with Crippen molar-refractivity contribution in [1.82, 2.24) is 29.2 Å². The zero-order chi connectivity index (χ0) is 29.8. The Morgan fingerprint density at radius 1 is 1.16 bits per heavy atom. The van der Waals surface area contributed by atoms with E-state index in [9.17, 15) is 9.90 Å². The molecule has 4 aromatic heterocycles. The van der Waals surface area contributed by atoms with Crippen molar-refractivity contribution >= 4 is 38.5 Å². The first-order valence-corrected chi connectivity index (χ1v) is 14.9. The third-order valence-corrected chi connectivity index (χ3v) is 8.55. The van der Waals surface area contributed by atoms with Crippen molar-refractivity contribution in [2.75, 3.05) is 20.2 Å². The fraction of sp³-hybridized carbons (Fsp3) is 0.324. The van der Waals surface area contributed by atoms with E-state index < -0.39 is 0 Å². The summed E-state index contributed by atoms with van der Waals surface area (Å²) in [5.74, 6) is 1.15. The number of benzene rings is 2. The second-order valence-corrected chi connectivity index (χ2v) is 12.0. The molecule has 9 heteroatoms. The third-order valence-electron chi connectivity index (χ3n) is 8.55. The number of hydrogen-bond donors (Lipinski definition) is 2. The van der Waals surface area contributed by atoms with Crippen LogP contribution in [0.3, 0.4) is 0 Å². The number of fused-ring (bicyclic) bond motifs is 10. The monoisotopic (exact) mass is 576 g/mol. The first kappa shape index (κ1) is 27.1. The summed E-state index contributed by atoms with van der Waals surface area (Å²) in [5, 5.41) is 19.8. The number of nitrogens with one attached hydrogen (secondary N) is 1. The maximum atomic E-state index is 12.9. The fourth-order valence-corrected chi connectivity index (χ4v) is 6.62. The molecule has 0 fully saturated rings. The van der Waals surface area contributed by atoms with Crippen LogP contribution < -0.4 is 4.74 Å². The van der Waals surface area contributed by atoms with Crippen LogP contribution in [0.4, 0.5) is 0 Å². The molecule has 0 unspecified atom stereocenters. The summed E-state index contributed by atoms with van der Waals surface area (Å²) < 4.78 is 10.4. The predicted octanol–water partition coefficient (Wildman–Crippen LogP) is 5.61. The van der Waals surface area contributed by atoms with Crippen LogP contribution in [0.1, 0.15) is 30.8 Å². The van der Waals surface area contributed by atoms with Crippen LogP contribution in [0.5, 0.6) is 11.6 Å². The van der Waals surface area contributed by atoms with Gasteiger partial charge in [0.15, 0.2) is 12.5 Å². The summed E-state index contributed by atoms with van der Waals surface area (Å²) in [6.07, 6.45) is 8.12. The van der Waals surface area contributed by atoms with Gasteiger partial charge < -0.3 is 24.3 Å². The standard InChI is InChI=1S/C34H36N6O3/c1-20(2)17-40-28-11-8-22(43-19-29(41)38(3)14-12-21-7-5-6-13-35-21)15-24(28)31-25-16-36-34(42)32(25)30-23(33(31)40)9-10-27-26(30)18-39(4)37-27/h5-8,11,13,15-16,18,20,36,42H,9-10,12,14,17,19H2,1-4H3. The Bertz CT molecular complexity index is 2000. The van der Waals surface area contributed by atoms with Crippen LogP contribution in [-0.4, -0.2) is 60.4 Å². The number of hydrogen-bond acceptors (Lipinski definition) is 5. The minimum Gasteiger partial charge on any atom is -0.494 e. The lowest BCUT2D eigenvalue weighted by molar-refractivity contribution is -0.132. The SMILES string of the molecule is CC(C)Cn1c2ccc(OCC(=O)N(C)CCc3ccccn3)cc2c2c3c[nH]c(O)c3c3c(c21)CCc1nn(C)cc1-3. The van der Waals surface area contributed by atoms with E-state index in [0.29, 0.717) is 24.6 Å². The number of carbonyl (C=O) groups is 1. The highest BCUT2D eigenvalue weighted by molar-refractivity contribution is 6.26. The van der Waals surface area contributed by atoms with Crippen LogP contribution >= 0.6 is 0 Å². The molecule has 43 heavy (non-hydrogen) atoms. The van der Waals surface area contributed by atoms with Gasteiger partial charge in [0.25, 0.3) is 5.91 Å². The number of aryl methyl sites for hydroxylation is 3. The Hall–Kier alpha value is -4.79. The van der Waals surface area contributed by atoms with Crippen molar-refractivity contribution in [3.8, 4) is 22.8 Å². The quantitative estimate of drug-likeness (QED) is 0.245. The van der Waals surface area contributed by atoms with Crippen molar-refractivity contribution in [3.05, 3.63) is 71.9 Å². The number of amides is 1. The molecule has 9 nitrogen and oxygen atoms in total. The Kier molecular flexibility index (Phi) is 6.60. The smallest absolute Gasteiger partial charge is 0.260 e. The van der Waals surface area contributed by atoms with Gasteiger partial charge in [-0.25, -0.2) is 0 Å². The predicted molar refractivity (Wildman–Crippen MR) is 168 cm³/mol. The molecule has 4 heterocycles. The number of ether oxygens (including phenoxy) is 1. The normalized spacial score (nSPS) is 12.8. The average Bonchev–Trinajstić information content (AvgIpc) is 3.67. The van der Waals surface area contributed by atoms with Crippen LogP contribution in [0.25, 0.3) is 43.7 Å². The molecular formula is C34H36N6O3. The van der Waals surface area contributed by atoms with Gasteiger partial charge in [0.05, 0.1) is 16.6 Å². The topological polar surface area (TPSA) is 101 Å². The molecule has 0 saturated carbocycles. The molecule has 1 amide bonds. The lowest BCUT2D eigenvalue weighted by Crippen LogP contribution is -2.33. The van der Waals surface area contributed by atoms with Gasteiger partial charge >= 0.3 is 0 Å². The molecule has 0 aliphatic heterocycles. The van der Waals surface area contributed by atoms with Gasteiger partial charge in [-0.3, -0.25) is 14.5 Å². The Labute approximate surface area is 249 Å². The summed E-state index contributed by atoms with van der Waals surface area (Å²) in [6.45, 7) is 5.84. The molecule has 1 aliphatic rings. The van der Waals surface area contributed by atoms with E-state index in [0.717, 1.165) is 69.0 Å². The van der Waals surface area contributed by atoms with E-state index >= 15 is 0 Å². The van der Waals surface area contributed by atoms with Crippen molar-refractivity contribution < 1.29 is 14.6 Å². The number of aromatic amines is 1. The zero-order valence-corrected chi connectivity index (χ0v) is 25.0. The number of nitrogens with zero attached hydrogens (tertiary/aromatic N) is 5.